The minimum atomic E-state index is -0.440. The topological polar surface area (TPSA) is 29.3 Å². The molecule has 1 saturated heterocycles. The molecule has 1 aromatic carbocycles. The molecule has 0 spiro atoms. The fourth-order valence-electron chi connectivity index (χ4n) is 2.11. The maximum Gasteiger partial charge on any atom is 0.115 e. The summed E-state index contributed by atoms with van der Waals surface area (Å²) in [6.07, 6.45) is 3.76. The van der Waals surface area contributed by atoms with Crippen LogP contribution >= 0.6 is 0 Å². The number of nitrogen functional groups attached to an aromatic ring is 1. The van der Waals surface area contributed by atoms with Crippen molar-refractivity contribution in [1.82, 2.24) is 0 Å². The smallest absolute Gasteiger partial charge is 0.115 e. The average molecular weight is 208 g/mol. The van der Waals surface area contributed by atoms with Gasteiger partial charge in [0.2, 0.25) is 0 Å². The molecule has 0 aromatic heterocycles. The van der Waals surface area contributed by atoms with Crippen LogP contribution in [-0.4, -0.2) is 13.1 Å². The van der Waals surface area contributed by atoms with Gasteiger partial charge < -0.3 is 10.6 Å². The molecule has 1 aromatic rings. The van der Waals surface area contributed by atoms with Crippen molar-refractivity contribution < 1.29 is 4.39 Å². The summed E-state index contributed by atoms with van der Waals surface area (Å²) in [4.78, 5) is 2.29. The molecular weight excluding hydrogens is 191 g/mol. The van der Waals surface area contributed by atoms with Crippen LogP contribution in [0.1, 0.15) is 24.8 Å². The van der Waals surface area contributed by atoms with Crippen LogP contribution < -0.4 is 10.6 Å². The van der Waals surface area contributed by atoms with Crippen LogP contribution in [0.15, 0.2) is 18.2 Å². The van der Waals surface area contributed by atoms with Gasteiger partial charge >= 0.3 is 0 Å². The van der Waals surface area contributed by atoms with Crippen LogP contribution in [0.25, 0.3) is 0 Å². The Bertz CT molecular complexity index is 332. The average Bonchev–Trinajstić information content (AvgIpc) is 2.30. The number of nitrogens with zero attached hydrogens (tertiary/aromatic N) is 1. The molecule has 0 unspecified atom stereocenters. The second-order valence-electron chi connectivity index (χ2n) is 4.07. The van der Waals surface area contributed by atoms with E-state index in [9.17, 15) is 4.39 Å². The van der Waals surface area contributed by atoms with Gasteiger partial charge in [0.25, 0.3) is 0 Å². The van der Waals surface area contributed by atoms with Gasteiger partial charge in [0.1, 0.15) is 6.67 Å². The Kier molecular flexibility index (Phi) is 3.09. The number of piperidine rings is 1. The first-order chi connectivity index (χ1) is 7.31. The van der Waals surface area contributed by atoms with E-state index in [1.165, 1.54) is 19.3 Å². The Morgan fingerprint density at radius 2 is 1.93 bits per heavy atom. The SMILES string of the molecule is Nc1cc(CF)ccc1N1CCCCC1. The lowest BCUT2D eigenvalue weighted by molar-refractivity contribution is 0.485. The Balaban J connectivity index is 2.19. The molecule has 2 nitrogen and oxygen atoms in total. The highest BCUT2D eigenvalue weighted by Gasteiger charge is 2.13. The van der Waals surface area contributed by atoms with Gasteiger partial charge in [-0.15, -0.1) is 0 Å². The number of benzene rings is 1. The molecule has 0 bridgehead atoms. The summed E-state index contributed by atoms with van der Waals surface area (Å²) < 4.78 is 12.4. The van der Waals surface area contributed by atoms with Gasteiger partial charge in [-0.25, -0.2) is 4.39 Å². The molecule has 0 saturated carbocycles. The number of rotatable bonds is 2. The first-order valence-electron chi connectivity index (χ1n) is 5.50. The van der Waals surface area contributed by atoms with E-state index in [0.717, 1.165) is 18.8 Å². The zero-order chi connectivity index (χ0) is 10.7. The van der Waals surface area contributed by atoms with Crippen LogP contribution in [-0.2, 0) is 6.67 Å². The largest absolute Gasteiger partial charge is 0.397 e. The lowest BCUT2D eigenvalue weighted by Gasteiger charge is -2.29. The summed E-state index contributed by atoms with van der Waals surface area (Å²) in [6, 6.07) is 5.50. The van der Waals surface area contributed by atoms with Crippen LogP contribution in [0, 0.1) is 0 Å². The third kappa shape index (κ3) is 2.22. The van der Waals surface area contributed by atoms with E-state index in [4.69, 9.17) is 5.73 Å². The quantitative estimate of drug-likeness (QED) is 0.757. The molecule has 1 fully saturated rings. The van der Waals surface area contributed by atoms with Crippen molar-refractivity contribution in [2.45, 2.75) is 25.9 Å². The highest BCUT2D eigenvalue weighted by Crippen LogP contribution is 2.27. The van der Waals surface area contributed by atoms with Crippen molar-refractivity contribution in [3.05, 3.63) is 23.8 Å². The number of hydrogen-bond acceptors (Lipinski definition) is 2. The molecule has 0 aliphatic carbocycles. The lowest BCUT2D eigenvalue weighted by atomic mass is 10.1. The number of hydrogen-bond donors (Lipinski definition) is 1. The second kappa shape index (κ2) is 4.51. The van der Waals surface area contributed by atoms with Gasteiger partial charge in [-0.2, -0.15) is 0 Å². The minimum Gasteiger partial charge on any atom is -0.397 e. The highest BCUT2D eigenvalue weighted by atomic mass is 19.1. The fraction of sp³-hybridized carbons (Fsp3) is 0.500. The van der Waals surface area contributed by atoms with Crippen molar-refractivity contribution in [3.63, 3.8) is 0 Å². The van der Waals surface area contributed by atoms with Gasteiger partial charge in [-0.3, -0.25) is 0 Å². The van der Waals surface area contributed by atoms with E-state index in [0.29, 0.717) is 11.3 Å². The molecule has 1 aliphatic rings. The zero-order valence-electron chi connectivity index (χ0n) is 8.88. The monoisotopic (exact) mass is 208 g/mol. The second-order valence-corrected chi connectivity index (χ2v) is 4.07. The number of alkyl halides is 1. The Morgan fingerprint density at radius 3 is 2.53 bits per heavy atom. The van der Waals surface area contributed by atoms with E-state index in [-0.39, 0.29) is 0 Å². The number of nitrogens with two attached hydrogens (primary N) is 1. The van der Waals surface area contributed by atoms with E-state index in [1.54, 1.807) is 6.07 Å². The summed E-state index contributed by atoms with van der Waals surface area (Å²) in [6.45, 7) is 1.70. The van der Waals surface area contributed by atoms with Crippen LogP contribution in [0.5, 0.6) is 0 Å². The van der Waals surface area contributed by atoms with Gasteiger partial charge in [-0.05, 0) is 37.0 Å². The summed E-state index contributed by atoms with van der Waals surface area (Å²) in [7, 11) is 0. The predicted octanol–water partition coefficient (Wildman–Crippen LogP) is 2.73. The Morgan fingerprint density at radius 1 is 1.20 bits per heavy atom. The first kappa shape index (κ1) is 10.3. The molecule has 0 radical (unpaired) electrons. The van der Waals surface area contributed by atoms with Crippen molar-refractivity contribution in [3.8, 4) is 0 Å². The Labute approximate surface area is 89.9 Å². The molecular formula is C12H17FN2. The maximum absolute atomic E-state index is 12.4. The third-order valence-corrected chi connectivity index (χ3v) is 2.94. The Hall–Kier alpha value is -1.25. The zero-order valence-corrected chi connectivity index (χ0v) is 8.88. The van der Waals surface area contributed by atoms with E-state index < -0.39 is 6.67 Å². The fourth-order valence-corrected chi connectivity index (χ4v) is 2.11. The summed E-state index contributed by atoms with van der Waals surface area (Å²) >= 11 is 0. The molecule has 0 amide bonds. The lowest BCUT2D eigenvalue weighted by Crippen LogP contribution is -2.30. The summed E-state index contributed by atoms with van der Waals surface area (Å²) in [5, 5.41) is 0. The first-order valence-corrected chi connectivity index (χ1v) is 5.50. The molecule has 15 heavy (non-hydrogen) atoms. The van der Waals surface area contributed by atoms with Crippen molar-refractivity contribution in [1.29, 1.82) is 0 Å². The summed E-state index contributed by atoms with van der Waals surface area (Å²) in [5.74, 6) is 0. The van der Waals surface area contributed by atoms with Crippen molar-refractivity contribution in [2.75, 3.05) is 23.7 Å². The molecule has 3 heteroatoms. The van der Waals surface area contributed by atoms with Gasteiger partial charge in [0, 0.05) is 13.1 Å². The van der Waals surface area contributed by atoms with Crippen LogP contribution in [0.2, 0.25) is 0 Å². The third-order valence-electron chi connectivity index (χ3n) is 2.94. The minimum absolute atomic E-state index is 0.440. The van der Waals surface area contributed by atoms with Crippen molar-refractivity contribution in [2.24, 2.45) is 0 Å². The van der Waals surface area contributed by atoms with E-state index in [1.807, 2.05) is 12.1 Å². The molecule has 0 atom stereocenters. The van der Waals surface area contributed by atoms with Gasteiger partial charge in [0.15, 0.2) is 0 Å². The molecule has 82 valence electrons. The van der Waals surface area contributed by atoms with Crippen molar-refractivity contribution >= 4 is 11.4 Å². The normalized spacial score (nSPS) is 16.7. The van der Waals surface area contributed by atoms with Gasteiger partial charge in [0.05, 0.1) is 11.4 Å². The maximum atomic E-state index is 12.4. The van der Waals surface area contributed by atoms with E-state index in [2.05, 4.69) is 4.90 Å². The highest BCUT2D eigenvalue weighted by molar-refractivity contribution is 5.68. The van der Waals surface area contributed by atoms with Crippen LogP contribution in [0.4, 0.5) is 15.8 Å². The van der Waals surface area contributed by atoms with Crippen LogP contribution in [0.3, 0.4) is 0 Å². The standard InChI is InChI=1S/C12H17FN2/c13-9-10-4-5-12(11(14)8-10)15-6-2-1-3-7-15/h4-5,8H,1-3,6-7,9,14H2. The predicted molar refractivity (Wildman–Crippen MR) is 61.7 cm³/mol. The number of halogens is 1. The molecule has 1 aliphatic heterocycles. The number of anilines is 2. The molecule has 2 rings (SSSR count). The molecule has 2 N–H and O–H groups in total. The van der Waals surface area contributed by atoms with E-state index >= 15 is 0 Å². The summed E-state index contributed by atoms with van der Waals surface area (Å²) in [5.41, 5.74) is 8.34. The molecule has 1 heterocycles. The van der Waals surface area contributed by atoms with Gasteiger partial charge in [-0.1, -0.05) is 6.07 Å².